The molecular formula is C19H13ClF3N3O2. The summed E-state index contributed by atoms with van der Waals surface area (Å²) < 4.78 is 45.2. The molecule has 1 heterocycles. The summed E-state index contributed by atoms with van der Waals surface area (Å²) in [6.07, 6.45) is -4.08. The minimum absolute atomic E-state index is 0.167. The van der Waals surface area contributed by atoms with Crippen molar-refractivity contribution in [2.75, 3.05) is 5.32 Å². The highest BCUT2D eigenvalue weighted by Gasteiger charge is 2.38. The molecule has 3 aromatic rings. The maximum Gasteiger partial charge on any atom is 0.434 e. The number of nitrogens with one attached hydrogen (secondary N) is 1. The van der Waals surface area contributed by atoms with Gasteiger partial charge in [0, 0.05) is 16.9 Å². The Morgan fingerprint density at radius 3 is 2.54 bits per heavy atom. The molecule has 0 saturated carbocycles. The number of rotatable bonds is 5. The van der Waals surface area contributed by atoms with Crippen molar-refractivity contribution in [3.63, 3.8) is 0 Å². The van der Waals surface area contributed by atoms with Gasteiger partial charge < -0.3 is 10.1 Å². The SMILES string of the molecule is O=C(OCc1ccccc1)c1cnc(Nc2cccc(Cl)c2)nc1C(F)(F)F. The Hall–Kier alpha value is -3.13. The van der Waals surface area contributed by atoms with Crippen molar-refractivity contribution < 1.29 is 22.7 Å². The lowest BCUT2D eigenvalue weighted by Crippen LogP contribution is -2.19. The topological polar surface area (TPSA) is 64.1 Å². The number of alkyl halides is 3. The van der Waals surface area contributed by atoms with E-state index in [-0.39, 0.29) is 12.6 Å². The second-order valence-electron chi connectivity index (χ2n) is 5.65. The molecule has 0 aliphatic heterocycles. The van der Waals surface area contributed by atoms with Gasteiger partial charge in [0.2, 0.25) is 5.95 Å². The van der Waals surface area contributed by atoms with Crippen molar-refractivity contribution in [3.8, 4) is 0 Å². The normalized spacial score (nSPS) is 11.1. The van der Waals surface area contributed by atoms with Crippen molar-refractivity contribution in [3.05, 3.63) is 82.6 Å². The van der Waals surface area contributed by atoms with Crippen molar-refractivity contribution in [2.24, 2.45) is 0 Å². The highest BCUT2D eigenvalue weighted by molar-refractivity contribution is 6.30. The van der Waals surface area contributed by atoms with E-state index in [1.54, 1.807) is 48.5 Å². The molecule has 3 rings (SSSR count). The number of anilines is 2. The molecule has 0 bridgehead atoms. The summed E-state index contributed by atoms with van der Waals surface area (Å²) in [6.45, 7) is -0.167. The van der Waals surface area contributed by atoms with Crippen LogP contribution in [-0.4, -0.2) is 15.9 Å². The summed E-state index contributed by atoms with van der Waals surface area (Å²) in [5.41, 5.74) is -1.10. The summed E-state index contributed by atoms with van der Waals surface area (Å²) in [5.74, 6) is -1.49. The maximum absolute atomic E-state index is 13.4. The Balaban J connectivity index is 1.83. The monoisotopic (exact) mass is 407 g/mol. The van der Waals surface area contributed by atoms with Crippen LogP contribution in [0.25, 0.3) is 0 Å². The van der Waals surface area contributed by atoms with Gasteiger partial charge in [0.1, 0.15) is 12.2 Å². The summed E-state index contributed by atoms with van der Waals surface area (Å²) in [5, 5.41) is 3.01. The highest BCUT2D eigenvalue weighted by Crippen LogP contribution is 2.32. The van der Waals surface area contributed by atoms with Crippen LogP contribution in [0.2, 0.25) is 5.02 Å². The average Bonchev–Trinajstić information content (AvgIpc) is 2.66. The lowest BCUT2D eigenvalue weighted by Gasteiger charge is -2.13. The number of aromatic nitrogens is 2. The molecule has 5 nitrogen and oxygen atoms in total. The lowest BCUT2D eigenvalue weighted by molar-refractivity contribution is -0.141. The number of carbonyl (C=O) groups is 1. The van der Waals surface area contributed by atoms with Gasteiger partial charge >= 0.3 is 12.1 Å². The van der Waals surface area contributed by atoms with Gasteiger partial charge in [-0.1, -0.05) is 48.0 Å². The molecule has 0 aliphatic rings. The Kier molecular flexibility index (Phi) is 5.79. The van der Waals surface area contributed by atoms with Gasteiger partial charge in [0.25, 0.3) is 0 Å². The molecule has 0 unspecified atom stereocenters. The number of ether oxygens (including phenoxy) is 1. The molecule has 0 fully saturated rings. The van der Waals surface area contributed by atoms with E-state index in [1.165, 1.54) is 6.07 Å². The number of hydrogen-bond acceptors (Lipinski definition) is 5. The van der Waals surface area contributed by atoms with Crippen LogP contribution in [0.15, 0.2) is 60.8 Å². The fourth-order valence-electron chi connectivity index (χ4n) is 2.30. The zero-order valence-electron chi connectivity index (χ0n) is 14.2. The van der Waals surface area contributed by atoms with Gasteiger partial charge in [-0.15, -0.1) is 0 Å². The number of halogens is 4. The number of hydrogen-bond donors (Lipinski definition) is 1. The number of benzene rings is 2. The second-order valence-corrected chi connectivity index (χ2v) is 6.09. The molecule has 28 heavy (non-hydrogen) atoms. The van der Waals surface area contributed by atoms with E-state index < -0.39 is 23.4 Å². The molecule has 0 aliphatic carbocycles. The predicted octanol–water partition coefficient (Wildman–Crippen LogP) is 5.25. The van der Waals surface area contributed by atoms with Crippen molar-refractivity contribution in [2.45, 2.75) is 12.8 Å². The van der Waals surface area contributed by atoms with E-state index in [0.717, 1.165) is 6.20 Å². The smallest absolute Gasteiger partial charge is 0.434 e. The quantitative estimate of drug-likeness (QED) is 0.585. The van der Waals surface area contributed by atoms with Crippen molar-refractivity contribution in [1.82, 2.24) is 9.97 Å². The Labute approximate surface area is 163 Å². The molecule has 1 N–H and O–H groups in total. The minimum Gasteiger partial charge on any atom is -0.457 e. The molecule has 1 aromatic heterocycles. The fraction of sp³-hybridized carbons (Fsp3) is 0.105. The molecule has 0 atom stereocenters. The molecule has 0 spiro atoms. The third kappa shape index (κ3) is 4.98. The largest absolute Gasteiger partial charge is 0.457 e. The van der Waals surface area contributed by atoms with E-state index in [1.807, 2.05) is 0 Å². The van der Waals surface area contributed by atoms with Crippen molar-refractivity contribution >= 4 is 29.2 Å². The van der Waals surface area contributed by atoms with Gasteiger partial charge in [-0.3, -0.25) is 0 Å². The Morgan fingerprint density at radius 2 is 1.86 bits per heavy atom. The third-order valence-corrected chi connectivity index (χ3v) is 3.81. The van der Waals surface area contributed by atoms with Crippen LogP contribution in [0.4, 0.5) is 24.8 Å². The molecule has 2 aromatic carbocycles. The highest BCUT2D eigenvalue weighted by atomic mass is 35.5. The first kappa shape index (κ1) is 19.6. The van der Waals surface area contributed by atoms with Crippen LogP contribution in [0.3, 0.4) is 0 Å². The second kappa shape index (κ2) is 8.26. The molecule has 9 heteroatoms. The standard InChI is InChI=1S/C19H13ClF3N3O2/c20-13-7-4-8-14(9-13)25-18-24-10-15(16(26-18)19(21,22)23)17(27)28-11-12-5-2-1-3-6-12/h1-10H,11H2,(H,24,25,26). The maximum atomic E-state index is 13.4. The lowest BCUT2D eigenvalue weighted by atomic mass is 10.2. The van der Waals surface area contributed by atoms with Crippen LogP contribution >= 0.6 is 11.6 Å². The van der Waals surface area contributed by atoms with E-state index in [2.05, 4.69) is 15.3 Å². The van der Waals surface area contributed by atoms with E-state index >= 15 is 0 Å². The van der Waals surface area contributed by atoms with Gasteiger partial charge in [-0.05, 0) is 23.8 Å². The Bertz CT molecular complexity index is 982. The number of esters is 1. The van der Waals surface area contributed by atoms with E-state index in [9.17, 15) is 18.0 Å². The first-order valence-electron chi connectivity index (χ1n) is 8.01. The molecular weight excluding hydrogens is 395 g/mol. The van der Waals surface area contributed by atoms with Gasteiger partial charge in [-0.25, -0.2) is 14.8 Å². The van der Waals surface area contributed by atoms with Crippen LogP contribution in [-0.2, 0) is 17.5 Å². The van der Waals surface area contributed by atoms with Crippen LogP contribution in [0.1, 0.15) is 21.6 Å². The van der Waals surface area contributed by atoms with Gasteiger partial charge in [-0.2, -0.15) is 13.2 Å². The molecule has 0 saturated heterocycles. The van der Waals surface area contributed by atoms with Gasteiger partial charge in [0.15, 0.2) is 5.69 Å². The van der Waals surface area contributed by atoms with E-state index in [0.29, 0.717) is 16.3 Å². The summed E-state index contributed by atoms with van der Waals surface area (Å²) in [7, 11) is 0. The average molecular weight is 408 g/mol. The van der Waals surface area contributed by atoms with Crippen LogP contribution in [0, 0.1) is 0 Å². The fourth-order valence-corrected chi connectivity index (χ4v) is 2.49. The summed E-state index contributed by atoms with van der Waals surface area (Å²) >= 11 is 5.85. The third-order valence-electron chi connectivity index (χ3n) is 3.57. The number of carbonyl (C=O) groups excluding carboxylic acids is 1. The molecule has 0 amide bonds. The zero-order chi connectivity index (χ0) is 20.1. The molecule has 144 valence electrons. The Morgan fingerprint density at radius 1 is 1.11 bits per heavy atom. The first-order chi connectivity index (χ1) is 13.3. The van der Waals surface area contributed by atoms with E-state index in [4.69, 9.17) is 16.3 Å². The minimum atomic E-state index is -4.87. The van der Waals surface area contributed by atoms with Crippen LogP contribution in [0.5, 0.6) is 0 Å². The molecule has 0 radical (unpaired) electrons. The zero-order valence-corrected chi connectivity index (χ0v) is 15.0. The van der Waals surface area contributed by atoms with Gasteiger partial charge in [0.05, 0.1) is 0 Å². The summed E-state index contributed by atoms with van der Waals surface area (Å²) in [4.78, 5) is 19.4. The van der Waals surface area contributed by atoms with Crippen LogP contribution < -0.4 is 5.32 Å². The summed E-state index contributed by atoms with van der Waals surface area (Å²) in [6, 6.07) is 14.9. The first-order valence-corrected chi connectivity index (χ1v) is 8.38. The predicted molar refractivity (Wildman–Crippen MR) is 97.3 cm³/mol. The van der Waals surface area contributed by atoms with Crippen molar-refractivity contribution in [1.29, 1.82) is 0 Å². The number of nitrogens with zero attached hydrogens (tertiary/aromatic N) is 2.